The van der Waals surface area contributed by atoms with E-state index in [1.165, 1.54) is 24.8 Å². The highest BCUT2D eigenvalue weighted by atomic mass is 127. The fourth-order valence-electron chi connectivity index (χ4n) is 2.27. The predicted octanol–water partition coefficient (Wildman–Crippen LogP) is 3.78. The quantitative estimate of drug-likeness (QED) is 0.479. The van der Waals surface area contributed by atoms with Crippen LogP contribution in [0.15, 0.2) is 29.3 Å². The Hall–Kier alpha value is -0.780. The minimum Gasteiger partial charge on any atom is -0.370 e. The number of halogens is 1. The lowest BCUT2D eigenvalue weighted by Gasteiger charge is -2.36. The molecular weight excluding hydrogens is 349 g/mol. The Labute approximate surface area is 133 Å². The van der Waals surface area contributed by atoms with Gasteiger partial charge in [-0.1, -0.05) is 32.4 Å². The molecule has 0 saturated heterocycles. The molecule has 2 rings (SSSR count). The fourth-order valence-corrected chi connectivity index (χ4v) is 2.27. The van der Waals surface area contributed by atoms with Crippen molar-refractivity contribution in [3.63, 3.8) is 0 Å². The van der Waals surface area contributed by atoms with E-state index in [2.05, 4.69) is 36.3 Å². The van der Waals surface area contributed by atoms with E-state index in [9.17, 15) is 0 Å². The Bertz CT molecular complexity index is 439. The minimum atomic E-state index is 0. The first-order valence-electron chi connectivity index (χ1n) is 6.77. The summed E-state index contributed by atoms with van der Waals surface area (Å²) in [6.07, 6.45) is 4.91. The molecule has 19 heavy (non-hydrogen) atoms. The van der Waals surface area contributed by atoms with Gasteiger partial charge < -0.3 is 11.1 Å². The summed E-state index contributed by atoms with van der Waals surface area (Å²) >= 11 is 0. The third-order valence-electron chi connectivity index (χ3n) is 3.80. The zero-order chi connectivity index (χ0) is 13.0. The SMILES string of the molecule is CCc1cccc(NC(N)=NCC2(C)CCC2)c1.I. The van der Waals surface area contributed by atoms with Crippen LogP contribution >= 0.6 is 24.0 Å². The molecule has 0 atom stereocenters. The van der Waals surface area contributed by atoms with Gasteiger partial charge in [-0.25, -0.2) is 0 Å². The number of benzene rings is 1. The molecule has 106 valence electrons. The third-order valence-corrected chi connectivity index (χ3v) is 3.80. The van der Waals surface area contributed by atoms with Crippen LogP contribution in [0.5, 0.6) is 0 Å². The van der Waals surface area contributed by atoms with Crippen LogP contribution in [0.2, 0.25) is 0 Å². The van der Waals surface area contributed by atoms with Gasteiger partial charge in [0.2, 0.25) is 0 Å². The maximum atomic E-state index is 5.92. The molecule has 0 unspecified atom stereocenters. The van der Waals surface area contributed by atoms with Crippen molar-refractivity contribution in [3.8, 4) is 0 Å². The second-order valence-electron chi connectivity index (χ2n) is 5.54. The van der Waals surface area contributed by atoms with Crippen LogP contribution in [0, 0.1) is 5.41 Å². The highest BCUT2D eigenvalue weighted by Gasteiger charge is 2.31. The van der Waals surface area contributed by atoms with Crippen molar-refractivity contribution in [1.82, 2.24) is 0 Å². The van der Waals surface area contributed by atoms with Crippen molar-refractivity contribution >= 4 is 35.6 Å². The van der Waals surface area contributed by atoms with Gasteiger partial charge in [-0.3, -0.25) is 4.99 Å². The second-order valence-corrected chi connectivity index (χ2v) is 5.54. The van der Waals surface area contributed by atoms with Crippen LogP contribution in [0.4, 0.5) is 5.69 Å². The van der Waals surface area contributed by atoms with E-state index in [1.54, 1.807) is 0 Å². The zero-order valence-electron chi connectivity index (χ0n) is 11.8. The van der Waals surface area contributed by atoms with Gasteiger partial charge in [-0.2, -0.15) is 0 Å². The molecule has 3 N–H and O–H groups in total. The number of aryl methyl sites for hydroxylation is 1. The number of hydrogen-bond donors (Lipinski definition) is 2. The fraction of sp³-hybridized carbons (Fsp3) is 0.533. The summed E-state index contributed by atoms with van der Waals surface area (Å²) in [5, 5.41) is 3.17. The van der Waals surface area contributed by atoms with Crippen molar-refractivity contribution in [2.24, 2.45) is 16.1 Å². The summed E-state index contributed by atoms with van der Waals surface area (Å²) in [4.78, 5) is 4.45. The Morgan fingerprint density at radius 2 is 2.16 bits per heavy atom. The largest absolute Gasteiger partial charge is 0.370 e. The van der Waals surface area contributed by atoms with Gasteiger partial charge >= 0.3 is 0 Å². The molecule has 1 aliphatic rings. The summed E-state index contributed by atoms with van der Waals surface area (Å²) in [6.45, 7) is 5.26. The Kier molecular flexibility index (Phi) is 6.10. The number of rotatable bonds is 4. The molecule has 0 bridgehead atoms. The molecule has 0 spiro atoms. The number of nitrogens with zero attached hydrogens (tertiary/aromatic N) is 1. The second kappa shape index (κ2) is 7.12. The first-order valence-corrected chi connectivity index (χ1v) is 6.77. The zero-order valence-corrected chi connectivity index (χ0v) is 14.1. The van der Waals surface area contributed by atoms with E-state index in [0.29, 0.717) is 11.4 Å². The van der Waals surface area contributed by atoms with E-state index in [4.69, 9.17) is 5.73 Å². The molecule has 1 aliphatic carbocycles. The smallest absolute Gasteiger partial charge is 0.193 e. The van der Waals surface area contributed by atoms with Crippen LogP contribution in [0.3, 0.4) is 0 Å². The molecule has 0 radical (unpaired) electrons. The van der Waals surface area contributed by atoms with Gasteiger partial charge in [0.05, 0.1) is 0 Å². The lowest BCUT2D eigenvalue weighted by atomic mass is 9.71. The summed E-state index contributed by atoms with van der Waals surface area (Å²) in [5.74, 6) is 0.524. The summed E-state index contributed by atoms with van der Waals surface area (Å²) < 4.78 is 0. The molecule has 0 heterocycles. The van der Waals surface area contributed by atoms with Gasteiger partial charge in [0, 0.05) is 12.2 Å². The molecule has 1 saturated carbocycles. The molecule has 1 aromatic carbocycles. The van der Waals surface area contributed by atoms with Crippen LogP contribution in [0.25, 0.3) is 0 Å². The molecule has 3 nitrogen and oxygen atoms in total. The first kappa shape index (κ1) is 16.3. The maximum absolute atomic E-state index is 5.92. The maximum Gasteiger partial charge on any atom is 0.193 e. The van der Waals surface area contributed by atoms with E-state index in [0.717, 1.165) is 18.7 Å². The Balaban J connectivity index is 0.00000180. The Morgan fingerprint density at radius 3 is 2.74 bits per heavy atom. The lowest BCUT2D eigenvalue weighted by molar-refractivity contribution is 0.174. The van der Waals surface area contributed by atoms with Gasteiger partial charge in [-0.05, 0) is 42.4 Å². The van der Waals surface area contributed by atoms with Crippen molar-refractivity contribution in [1.29, 1.82) is 0 Å². The van der Waals surface area contributed by atoms with Crippen LogP contribution in [-0.4, -0.2) is 12.5 Å². The van der Waals surface area contributed by atoms with Gasteiger partial charge in [0.15, 0.2) is 5.96 Å². The number of hydrogen-bond acceptors (Lipinski definition) is 1. The Morgan fingerprint density at radius 1 is 1.42 bits per heavy atom. The molecule has 1 fully saturated rings. The monoisotopic (exact) mass is 373 g/mol. The molecule has 0 aliphatic heterocycles. The van der Waals surface area contributed by atoms with Gasteiger partial charge in [0.25, 0.3) is 0 Å². The van der Waals surface area contributed by atoms with Crippen molar-refractivity contribution in [2.45, 2.75) is 39.5 Å². The highest BCUT2D eigenvalue weighted by molar-refractivity contribution is 14.0. The molecule has 0 aromatic heterocycles. The number of guanidine groups is 1. The van der Waals surface area contributed by atoms with E-state index >= 15 is 0 Å². The average Bonchev–Trinajstić information content (AvgIpc) is 2.34. The number of aliphatic imine (C=N–C) groups is 1. The number of nitrogens with one attached hydrogen (secondary N) is 1. The van der Waals surface area contributed by atoms with Gasteiger partial charge in [-0.15, -0.1) is 24.0 Å². The highest BCUT2D eigenvalue weighted by Crippen LogP contribution is 2.40. The van der Waals surface area contributed by atoms with Crippen molar-refractivity contribution < 1.29 is 0 Å². The molecular formula is C15H24IN3. The van der Waals surface area contributed by atoms with E-state index < -0.39 is 0 Å². The van der Waals surface area contributed by atoms with Crippen molar-refractivity contribution in [2.75, 3.05) is 11.9 Å². The summed E-state index contributed by atoms with van der Waals surface area (Å²) in [5.41, 5.74) is 8.64. The predicted molar refractivity (Wildman–Crippen MR) is 93.3 cm³/mol. The van der Waals surface area contributed by atoms with Gasteiger partial charge in [0.1, 0.15) is 0 Å². The first-order chi connectivity index (χ1) is 8.61. The summed E-state index contributed by atoms with van der Waals surface area (Å²) in [7, 11) is 0. The standard InChI is InChI=1S/C15H23N3.HI/c1-3-12-6-4-7-13(10-12)18-14(16)17-11-15(2)8-5-9-15;/h4,6-7,10H,3,5,8-9,11H2,1-2H3,(H3,16,17,18);1H. The van der Waals surface area contributed by atoms with Crippen LogP contribution in [-0.2, 0) is 6.42 Å². The topological polar surface area (TPSA) is 50.4 Å². The van der Waals surface area contributed by atoms with E-state index in [1.807, 2.05) is 12.1 Å². The minimum absolute atomic E-state index is 0. The average molecular weight is 373 g/mol. The molecule has 0 amide bonds. The summed E-state index contributed by atoms with van der Waals surface area (Å²) in [6, 6.07) is 8.30. The third kappa shape index (κ3) is 4.67. The van der Waals surface area contributed by atoms with Crippen molar-refractivity contribution in [3.05, 3.63) is 29.8 Å². The normalized spacial score (nSPS) is 17.3. The number of anilines is 1. The van der Waals surface area contributed by atoms with E-state index in [-0.39, 0.29) is 24.0 Å². The number of nitrogens with two attached hydrogens (primary N) is 1. The molecule has 4 heteroatoms. The molecule has 1 aromatic rings. The lowest BCUT2D eigenvalue weighted by Crippen LogP contribution is -2.31. The van der Waals surface area contributed by atoms with Crippen LogP contribution < -0.4 is 11.1 Å². The van der Waals surface area contributed by atoms with Crippen LogP contribution in [0.1, 0.15) is 38.7 Å².